The van der Waals surface area contributed by atoms with Gasteiger partial charge in [-0.15, -0.1) is 0 Å². The van der Waals surface area contributed by atoms with E-state index >= 15 is 0 Å². The Balaban J connectivity index is 2.75. The largest absolute Gasteiger partial charge is 0.480 e. The monoisotopic (exact) mass is 316 g/mol. The maximum absolute atomic E-state index is 11.8. The lowest BCUT2D eigenvalue weighted by Crippen LogP contribution is -2.43. The van der Waals surface area contributed by atoms with Crippen molar-refractivity contribution < 1.29 is 23.2 Å². The van der Waals surface area contributed by atoms with Gasteiger partial charge in [-0.3, -0.25) is 4.79 Å². The molecule has 0 unspecified atom stereocenters. The Morgan fingerprint density at radius 2 is 2.00 bits per heavy atom. The first-order valence-electron chi connectivity index (χ1n) is 6.56. The molecule has 8 heteroatoms. The number of hydrogen-bond donors (Lipinski definition) is 3. The van der Waals surface area contributed by atoms with Gasteiger partial charge in [0, 0.05) is 0 Å². The topological polar surface area (TPSA) is 119 Å². The molecular formula is C13H20N2O5S. The van der Waals surface area contributed by atoms with E-state index in [0.29, 0.717) is 17.7 Å². The Kier molecular flexibility index (Phi) is 6.60. The first kappa shape index (κ1) is 17.4. The molecule has 0 saturated carbocycles. The Bertz CT molecular complexity index is 556. The molecule has 0 bridgehead atoms. The van der Waals surface area contributed by atoms with Gasteiger partial charge in [-0.1, -0.05) is 25.5 Å². The maximum Gasteiger partial charge on any atom is 0.322 e. The van der Waals surface area contributed by atoms with Crippen molar-refractivity contribution in [2.24, 2.45) is 5.90 Å². The molecule has 0 aliphatic carbocycles. The molecule has 0 radical (unpaired) electrons. The molecular weight excluding hydrogens is 296 g/mol. The van der Waals surface area contributed by atoms with Gasteiger partial charge in [0.15, 0.2) is 0 Å². The molecule has 7 nitrogen and oxygen atoms in total. The molecule has 0 aliphatic rings. The Labute approximate surface area is 124 Å². The average Bonchev–Trinajstić information content (AvgIpc) is 2.45. The number of nitrogens with one attached hydrogen (secondary N) is 1. The summed E-state index contributed by atoms with van der Waals surface area (Å²) in [6.07, 6.45) is 1.26. The molecule has 0 aliphatic heterocycles. The van der Waals surface area contributed by atoms with E-state index in [1.165, 1.54) is 0 Å². The van der Waals surface area contributed by atoms with Gasteiger partial charge in [0.2, 0.25) is 10.0 Å². The second kappa shape index (κ2) is 7.96. The highest BCUT2D eigenvalue weighted by Crippen LogP contribution is 2.12. The van der Waals surface area contributed by atoms with Gasteiger partial charge in [-0.2, -0.15) is 5.90 Å². The van der Waals surface area contributed by atoms with Crippen LogP contribution in [0, 0.1) is 0 Å². The molecule has 1 rings (SSSR count). The van der Waals surface area contributed by atoms with Crippen LogP contribution in [0.15, 0.2) is 24.3 Å². The number of carboxylic acids is 1. The summed E-state index contributed by atoms with van der Waals surface area (Å²) in [7, 11) is -3.60. The van der Waals surface area contributed by atoms with Crippen LogP contribution in [-0.2, 0) is 21.2 Å². The van der Waals surface area contributed by atoms with Gasteiger partial charge in [0.1, 0.15) is 11.8 Å². The third-order valence-corrected chi connectivity index (χ3v) is 4.36. The van der Waals surface area contributed by atoms with Crippen LogP contribution in [0.4, 0.5) is 0 Å². The lowest BCUT2D eigenvalue weighted by molar-refractivity contribution is -0.138. The predicted octanol–water partition coefficient (Wildman–Crippen LogP) is 0.654. The van der Waals surface area contributed by atoms with Gasteiger partial charge < -0.3 is 9.94 Å². The summed E-state index contributed by atoms with van der Waals surface area (Å²) in [5, 5.41) is 9.15. The average molecular weight is 316 g/mol. The van der Waals surface area contributed by atoms with E-state index in [2.05, 4.69) is 9.56 Å². The van der Waals surface area contributed by atoms with E-state index < -0.39 is 22.0 Å². The molecule has 1 aromatic rings. The highest BCUT2D eigenvalue weighted by atomic mass is 32.2. The number of nitrogens with two attached hydrogens (primary N) is 1. The predicted molar refractivity (Wildman–Crippen MR) is 78.2 cm³/mol. The van der Waals surface area contributed by atoms with Crippen molar-refractivity contribution in [2.75, 3.05) is 5.75 Å². The minimum Gasteiger partial charge on any atom is -0.480 e. The number of hydrogen-bond acceptors (Lipinski definition) is 5. The zero-order valence-electron chi connectivity index (χ0n) is 11.8. The number of rotatable bonds is 9. The summed E-state index contributed by atoms with van der Waals surface area (Å²) in [5.74, 6) is 4.14. The van der Waals surface area contributed by atoms with Crippen molar-refractivity contribution in [1.29, 1.82) is 0 Å². The molecule has 1 atom stereocenters. The van der Waals surface area contributed by atoms with E-state index in [9.17, 15) is 13.2 Å². The number of benzene rings is 1. The lowest BCUT2D eigenvalue weighted by atomic mass is 10.1. The minimum atomic E-state index is -3.60. The highest BCUT2D eigenvalue weighted by Gasteiger charge is 2.23. The third kappa shape index (κ3) is 6.11. The number of carboxylic acid groups (broad SMARTS) is 1. The molecule has 0 heterocycles. The fourth-order valence-corrected chi connectivity index (χ4v) is 3.13. The van der Waals surface area contributed by atoms with Crippen LogP contribution in [0.25, 0.3) is 0 Å². The second-order valence-corrected chi connectivity index (χ2v) is 6.52. The van der Waals surface area contributed by atoms with Crippen LogP contribution in [0.2, 0.25) is 0 Å². The maximum atomic E-state index is 11.8. The van der Waals surface area contributed by atoms with Crippen molar-refractivity contribution in [1.82, 2.24) is 4.72 Å². The van der Waals surface area contributed by atoms with Crippen LogP contribution < -0.4 is 15.5 Å². The smallest absolute Gasteiger partial charge is 0.322 e. The van der Waals surface area contributed by atoms with Crippen molar-refractivity contribution in [3.05, 3.63) is 29.8 Å². The quantitative estimate of drug-likeness (QED) is 0.576. The van der Waals surface area contributed by atoms with Crippen molar-refractivity contribution >= 4 is 16.0 Å². The molecule has 118 valence electrons. The Morgan fingerprint density at radius 1 is 1.38 bits per heavy atom. The van der Waals surface area contributed by atoms with E-state index in [0.717, 1.165) is 6.42 Å². The zero-order valence-corrected chi connectivity index (χ0v) is 12.6. The summed E-state index contributed by atoms with van der Waals surface area (Å²) in [6, 6.07) is 5.24. The molecule has 0 amide bonds. The van der Waals surface area contributed by atoms with E-state index in [-0.39, 0.29) is 12.2 Å². The van der Waals surface area contributed by atoms with Gasteiger partial charge in [-0.05, 0) is 30.5 Å². The fraction of sp³-hybridized carbons (Fsp3) is 0.462. The zero-order chi connectivity index (χ0) is 15.9. The summed E-state index contributed by atoms with van der Waals surface area (Å²) in [6.45, 7) is 1.87. The normalized spacial score (nSPS) is 12.9. The number of carbonyl (C=O) groups is 1. The second-order valence-electron chi connectivity index (χ2n) is 4.65. The molecule has 21 heavy (non-hydrogen) atoms. The van der Waals surface area contributed by atoms with Crippen LogP contribution in [-0.4, -0.2) is 31.3 Å². The highest BCUT2D eigenvalue weighted by molar-refractivity contribution is 7.89. The summed E-state index contributed by atoms with van der Waals surface area (Å²) in [4.78, 5) is 15.7. The molecule has 0 saturated heterocycles. The van der Waals surface area contributed by atoms with Gasteiger partial charge in [0.25, 0.3) is 0 Å². The summed E-state index contributed by atoms with van der Waals surface area (Å²) in [5.41, 5.74) is 0.668. The standard InChI is InChI=1S/C13H20N2O5S/c1-2-3-8-21(18,19)15-12(13(16)17)9-10-4-6-11(20-14)7-5-10/h4-7,12,15H,2-3,8-9,14H2,1H3,(H,16,17)/t12-/m0/s1. The summed E-state index contributed by atoms with van der Waals surface area (Å²) < 4.78 is 25.8. The van der Waals surface area contributed by atoms with Gasteiger partial charge >= 0.3 is 5.97 Å². The number of unbranched alkanes of at least 4 members (excludes halogenated alkanes) is 1. The van der Waals surface area contributed by atoms with Crippen molar-refractivity contribution in [3.8, 4) is 5.75 Å². The Morgan fingerprint density at radius 3 is 2.48 bits per heavy atom. The first-order chi connectivity index (χ1) is 9.88. The summed E-state index contributed by atoms with van der Waals surface area (Å²) >= 11 is 0. The van der Waals surface area contributed by atoms with Crippen molar-refractivity contribution in [2.45, 2.75) is 32.2 Å². The first-order valence-corrected chi connectivity index (χ1v) is 8.21. The molecule has 0 fully saturated rings. The molecule has 4 N–H and O–H groups in total. The molecule has 0 aromatic heterocycles. The van der Waals surface area contributed by atoms with Crippen LogP contribution in [0.3, 0.4) is 0 Å². The van der Waals surface area contributed by atoms with Gasteiger partial charge in [-0.25, -0.2) is 13.1 Å². The Hall–Kier alpha value is -1.64. The van der Waals surface area contributed by atoms with Crippen LogP contribution in [0.5, 0.6) is 5.75 Å². The molecule has 0 spiro atoms. The lowest BCUT2D eigenvalue weighted by Gasteiger charge is -2.15. The van der Waals surface area contributed by atoms with E-state index in [1.807, 2.05) is 6.92 Å². The minimum absolute atomic E-state index is 0.0472. The van der Waals surface area contributed by atoms with Crippen LogP contribution in [0.1, 0.15) is 25.3 Å². The fourth-order valence-electron chi connectivity index (χ4n) is 1.73. The van der Waals surface area contributed by atoms with E-state index in [4.69, 9.17) is 11.0 Å². The SMILES string of the molecule is CCCCS(=O)(=O)N[C@@H](Cc1ccc(ON)cc1)C(=O)O. The van der Waals surface area contributed by atoms with Gasteiger partial charge in [0.05, 0.1) is 5.75 Å². The van der Waals surface area contributed by atoms with Crippen LogP contribution >= 0.6 is 0 Å². The number of aliphatic carboxylic acids is 1. The van der Waals surface area contributed by atoms with Crippen molar-refractivity contribution in [3.63, 3.8) is 0 Å². The van der Waals surface area contributed by atoms with E-state index in [1.54, 1.807) is 24.3 Å². The molecule has 1 aromatic carbocycles. The number of sulfonamides is 1. The third-order valence-electron chi connectivity index (χ3n) is 2.89.